The molecular weight excluding hydrogens is 699 g/mol. The third-order valence-electron chi connectivity index (χ3n) is 13.3. The molecule has 0 heterocycles. The van der Waals surface area contributed by atoms with Gasteiger partial charge >= 0.3 is 0 Å². The Labute approximate surface area is 350 Å². The maximum absolute atomic E-state index is 2.55. The van der Waals surface area contributed by atoms with Gasteiger partial charge in [0.1, 0.15) is 0 Å². The molecule has 0 radical (unpaired) electrons. The largest absolute Gasteiger partial charge is 0.310 e. The standard InChI is InChI=1S/C57H65N/c1-54(2,3)43-32-40(31-41(33-43)42-34-44(55(4,5)6)36-45(35-42)56(7,8)9)38-25-27-46(28-26-38)58(53-24-18-16-21-48(53)39-19-13-12-14-20-39)47-29-30-50-49-22-15-17-23-51(49)57(10,11)52(50)37-47/h15-18,21-37,39H,12-14,19-20H2,1-11H3. The molecule has 2 aliphatic rings. The number of rotatable bonds is 6. The third-order valence-corrected chi connectivity index (χ3v) is 13.3. The molecule has 0 atom stereocenters. The highest BCUT2D eigenvalue weighted by Gasteiger charge is 2.36. The number of benzene rings is 6. The molecule has 0 saturated heterocycles. The summed E-state index contributed by atoms with van der Waals surface area (Å²) in [5.41, 5.74) is 20.0. The molecule has 1 heteroatoms. The molecule has 0 amide bonds. The molecule has 0 aromatic heterocycles. The fourth-order valence-electron chi connectivity index (χ4n) is 9.57. The highest BCUT2D eigenvalue weighted by atomic mass is 15.1. The van der Waals surface area contributed by atoms with Gasteiger partial charge in [-0.25, -0.2) is 0 Å². The van der Waals surface area contributed by atoms with Crippen LogP contribution in [0.15, 0.2) is 127 Å². The van der Waals surface area contributed by atoms with Crippen molar-refractivity contribution in [3.8, 4) is 33.4 Å². The molecule has 6 aromatic rings. The third kappa shape index (κ3) is 7.58. The minimum Gasteiger partial charge on any atom is -0.310 e. The minimum absolute atomic E-state index is 0.000170. The first kappa shape index (κ1) is 39.9. The highest BCUT2D eigenvalue weighted by molar-refractivity contribution is 5.87. The van der Waals surface area contributed by atoms with Crippen molar-refractivity contribution in [2.75, 3.05) is 4.90 Å². The summed E-state index contributed by atoms with van der Waals surface area (Å²) in [4.78, 5) is 2.55. The van der Waals surface area contributed by atoms with Gasteiger partial charge in [-0.05, 0) is 138 Å². The first-order valence-corrected chi connectivity index (χ1v) is 22.0. The summed E-state index contributed by atoms with van der Waals surface area (Å²) in [7, 11) is 0. The summed E-state index contributed by atoms with van der Waals surface area (Å²) in [5, 5.41) is 0. The Hall–Kier alpha value is -4.88. The van der Waals surface area contributed by atoms with E-state index in [2.05, 4.69) is 208 Å². The Morgan fingerprint density at radius 2 is 0.948 bits per heavy atom. The van der Waals surface area contributed by atoms with Crippen LogP contribution in [0.3, 0.4) is 0 Å². The maximum atomic E-state index is 2.55. The molecule has 0 N–H and O–H groups in total. The average Bonchev–Trinajstić information content (AvgIpc) is 3.43. The van der Waals surface area contributed by atoms with E-state index < -0.39 is 0 Å². The van der Waals surface area contributed by atoms with E-state index in [1.165, 1.54) is 116 Å². The number of fused-ring (bicyclic) bond motifs is 3. The van der Waals surface area contributed by atoms with E-state index in [1.54, 1.807) is 0 Å². The van der Waals surface area contributed by atoms with Crippen molar-refractivity contribution < 1.29 is 0 Å². The molecule has 6 aromatic carbocycles. The second-order valence-electron chi connectivity index (χ2n) is 21.0. The van der Waals surface area contributed by atoms with Crippen LogP contribution in [0.1, 0.15) is 148 Å². The van der Waals surface area contributed by atoms with Crippen LogP contribution in [-0.4, -0.2) is 0 Å². The molecule has 58 heavy (non-hydrogen) atoms. The summed E-state index contributed by atoms with van der Waals surface area (Å²) < 4.78 is 0. The maximum Gasteiger partial charge on any atom is 0.0496 e. The predicted octanol–water partition coefficient (Wildman–Crippen LogP) is 16.7. The van der Waals surface area contributed by atoms with Crippen molar-refractivity contribution in [2.24, 2.45) is 0 Å². The molecule has 0 unspecified atom stereocenters. The minimum atomic E-state index is -0.0732. The Morgan fingerprint density at radius 1 is 0.448 bits per heavy atom. The Morgan fingerprint density at radius 3 is 1.57 bits per heavy atom. The van der Waals surface area contributed by atoms with Gasteiger partial charge in [-0.3, -0.25) is 0 Å². The van der Waals surface area contributed by atoms with Crippen LogP contribution in [0.2, 0.25) is 0 Å². The van der Waals surface area contributed by atoms with Gasteiger partial charge in [0.25, 0.3) is 0 Å². The van der Waals surface area contributed by atoms with Crippen molar-refractivity contribution in [3.05, 3.63) is 161 Å². The monoisotopic (exact) mass is 764 g/mol. The molecule has 1 fully saturated rings. The van der Waals surface area contributed by atoms with Crippen molar-refractivity contribution in [2.45, 2.75) is 136 Å². The Kier molecular flexibility index (Phi) is 10.1. The van der Waals surface area contributed by atoms with Crippen LogP contribution >= 0.6 is 0 Å². The van der Waals surface area contributed by atoms with Crippen LogP contribution in [0, 0.1) is 0 Å². The number of anilines is 3. The van der Waals surface area contributed by atoms with Crippen LogP contribution in [0.25, 0.3) is 33.4 Å². The van der Waals surface area contributed by atoms with Crippen molar-refractivity contribution in [3.63, 3.8) is 0 Å². The molecule has 8 rings (SSSR count). The smallest absolute Gasteiger partial charge is 0.0496 e. The van der Waals surface area contributed by atoms with Gasteiger partial charge in [0, 0.05) is 22.5 Å². The van der Waals surface area contributed by atoms with Gasteiger partial charge in [-0.1, -0.05) is 186 Å². The first-order chi connectivity index (χ1) is 27.4. The van der Waals surface area contributed by atoms with E-state index in [9.17, 15) is 0 Å². The lowest BCUT2D eigenvalue weighted by molar-refractivity contribution is 0.444. The van der Waals surface area contributed by atoms with Crippen LogP contribution < -0.4 is 4.90 Å². The van der Waals surface area contributed by atoms with Gasteiger partial charge in [0.15, 0.2) is 0 Å². The molecule has 0 bridgehead atoms. The van der Waals surface area contributed by atoms with Gasteiger partial charge in [-0.2, -0.15) is 0 Å². The van der Waals surface area contributed by atoms with Gasteiger partial charge in [0.2, 0.25) is 0 Å². The molecular formula is C57H65N. The number of hydrogen-bond acceptors (Lipinski definition) is 1. The summed E-state index contributed by atoms with van der Waals surface area (Å²) in [5.74, 6) is 0.580. The lowest BCUT2D eigenvalue weighted by atomic mass is 9.78. The Bertz CT molecular complexity index is 2420. The molecule has 0 aliphatic heterocycles. The average molecular weight is 764 g/mol. The fraction of sp³-hybridized carbons (Fsp3) is 0.368. The normalized spacial score (nSPS) is 15.6. The number of para-hydroxylation sites is 1. The highest BCUT2D eigenvalue weighted by Crippen LogP contribution is 2.51. The summed E-state index contributed by atoms with van der Waals surface area (Å²) in [6.07, 6.45) is 6.50. The summed E-state index contributed by atoms with van der Waals surface area (Å²) in [6.45, 7) is 25.8. The zero-order valence-electron chi connectivity index (χ0n) is 37.2. The van der Waals surface area contributed by atoms with Gasteiger partial charge in [-0.15, -0.1) is 0 Å². The van der Waals surface area contributed by atoms with Gasteiger partial charge in [0.05, 0.1) is 0 Å². The predicted molar refractivity (Wildman–Crippen MR) is 251 cm³/mol. The van der Waals surface area contributed by atoms with Crippen LogP contribution in [0.5, 0.6) is 0 Å². The summed E-state index contributed by atoms with van der Waals surface area (Å²) >= 11 is 0. The molecule has 1 saturated carbocycles. The second-order valence-corrected chi connectivity index (χ2v) is 21.0. The quantitative estimate of drug-likeness (QED) is 0.163. The molecule has 2 aliphatic carbocycles. The molecule has 0 spiro atoms. The zero-order chi connectivity index (χ0) is 41.2. The number of nitrogens with zero attached hydrogens (tertiary/aromatic N) is 1. The topological polar surface area (TPSA) is 3.24 Å². The summed E-state index contributed by atoms with van der Waals surface area (Å²) in [6, 6.07) is 49.5. The lowest BCUT2D eigenvalue weighted by Crippen LogP contribution is -2.18. The van der Waals surface area contributed by atoms with E-state index in [-0.39, 0.29) is 21.7 Å². The van der Waals surface area contributed by atoms with E-state index in [0.29, 0.717) is 5.92 Å². The van der Waals surface area contributed by atoms with Gasteiger partial charge < -0.3 is 4.90 Å². The zero-order valence-corrected chi connectivity index (χ0v) is 37.2. The van der Waals surface area contributed by atoms with Crippen LogP contribution in [0.4, 0.5) is 17.1 Å². The van der Waals surface area contributed by atoms with Crippen molar-refractivity contribution >= 4 is 17.1 Å². The molecule has 1 nitrogen and oxygen atoms in total. The fourth-order valence-corrected chi connectivity index (χ4v) is 9.57. The van der Waals surface area contributed by atoms with E-state index in [4.69, 9.17) is 0 Å². The molecule has 298 valence electrons. The van der Waals surface area contributed by atoms with E-state index >= 15 is 0 Å². The lowest BCUT2D eigenvalue weighted by Gasteiger charge is -2.32. The SMILES string of the molecule is CC(C)(C)c1cc(-c2ccc(N(c3ccc4c(c3)C(C)(C)c3ccccc3-4)c3ccccc3C3CCCCC3)cc2)cc(-c2cc(C(C)(C)C)cc(C(C)(C)C)c2)c1. The first-order valence-electron chi connectivity index (χ1n) is 22.0. The van der Waals surface area contributed by atoms with E-state index in [0.717, 1.165) is 0 Å². The van der Waals surface area contributed by atoms with Crippen molar-refractivity contribution in [1.29, 1.82) is 0 Å². The van der Waals surface area contributed by atoms with Crippen LogP contribution in [-0.2, 0) is 21.7 Å². The second kappa shape index (κ2) is 14.7. The van der Waals surface area contributed by atoms with Crippen molar-refractivity contribution in [1.82, 2.24) is 0 Å². The van der Waals surface area contributed by atoms with E-state index in [1.807, 2.05) is 0 Å². The number of hydrogen-bond donors (Lipinski definition) is 0. The Balaban J connectivity index is 1.26.